The molecule has 0 unspecified atom stereocenters. The maximum atomic E-state index is 12.1. The monoisotopic (exact) mass is 348 g/mol. The van der Waals surface area contributed by atoms with Gasteiger partial charge in [-0.15, -0.1) is 0 Å². The zero-order chi connectivity index (χ0) is 17.6. The molecule has 0 aliphatic rings. The Labute approximate surface area is 144 Å². The summed E-state index contributed by atoms with van der Waals surface area (Å²) in [6.07, 6.45) is 1.78. The van der Waals surface area contributed by atoms with E-state index < -0.39 is 15.7 Å². The molecule has 0 saturated heterocycles. The van der Waals surface area contributed by atoms with E-state index in [2.05, 4.69) is 0 Å². The summed E-state index contributed by atoms with van der Waals surface area (Å²) in [7, 11) is -3.71. The van der Waals surface area contributed by atoms with Crippen molar-refractivity contribution in [3.63, 3.8) is 0 Å². The van der Waals surface area contributed by atoms with Crippen LogP contribution in [0.2, 0.25) is 0 Å². The van der Waals surface area contributed by atoms with E-state index in [0.29, 0.717) is 19.3 Å². The maximum Gasteiger partial charge on any atom is 0.296 e. The molecule has 0 saturated carbocycles. The predicted molar refractivity (Wildman–Crippen MR) is 94.2 cm³/mol. The van der Waals surface area contributed by atoms with Gasteiger partial charge in [0.1, 0.15) is 0 Å². The Morgan fingerprint density at radius 2 is 1.62 bits per heavy atom. The van der Waals surface area contributed by atoms with Gasteiger partial charge in [0.05, 0.1) is 17.1 Å². The van der Waals surface area contributed by atoms with Gasteiger partial charge >= 0.3 is 0 Å². The van der Waals surface area contributed by atoms with Crippen LogP contribution < -0.4 is 0 Å². The molecule has 0 amide bonds. The second kappa shape index (κ2) is 7.92. The standard InChI is InChI=1S/C19H24O4S/c1-16-10-12-18(13-11-16)24(21,22)23-15-7-6-14-19(2,20)17-8-4-3-5-9-17/h3-5,8-13,20H,6-7,14-15H2,1-2H3/t19-/m1/s1. The summed E-state index contributed by atoms with van der Waals surface area (Å²) in [4.78, 5) is 0.171. The fourth-order valence-electron chi connectivity index (χ4n) is 2.45. The minimum Gasteiger partial charge on any atom is -0.385 e. The molecule has 0 spiro atoms. The molecule has 2 aromatic rings. The molecule has 24 heavy (non-hydrogen) atoms. The minimum atomic E-state index is -3.71. The van der Waals surface area contributed by atoms with Gasteiger partial charge in [-0.05, 0) is 50.8 Å². The first-order valence-electron chi connectivity index (χ1n) is 8.05. The molecular weight excluding hydrogens is 324 g/mol. The first kappa shape index (κ1) is 18.6. The third kappa shape index (κ3) is 5.16. The van der Waals surface area contributed by atoms with Gasteiger partial charge in [0, 0.05) is 0 Å². The number of rotatable bonds is 8. The smallest absolute Gasteiger partial charge is 0.296 e. The van der Waals surface area contributed by atoms with E-state index in [1.165, 1.54) is 0 Å². The number of aryl methyl sites for hydroxylation is 1. The lowest BCUT2D eigenvalue weighted by Gasteiger charge is -2.23. The van der Waals surface area contributed by atoms with E-state index in [4.69, 9.17) is 4.18 Å². The minimum absolute atomic E-state index is 0.112. The summed E-state index contributed by atoms with van der Waals surface area (Å²) >= 11 is 0. The van der Waals surface area contributed by atoms with Crippen LogP contribution in [0.5, 0.6) is 0 Å². The van der Waals surface area contributed by atoms with E-state index in [-0.39, 0.29) is 11.5 Å². The fraction of sp³-hybridized carbons (Fsp3) is 0.368. The molecule has 4 nitrogen and oxygen atoms in total. The maximum absolute atomic E-state index is 12.1. The molecule has 0 fully saturated rings. The third-order valence-electron chi connectivity index (χ3n) is 4.00. The van der Waals surface area contributed by atoms with Crippen LogP contribution in [0.3, 0.4) is 0 Å². The number of benzene rings is 2. The number of hydrogen-bond donors (Lipinski definition) is 1. The Bertz CT molecular complexity index is 735. The zero-order valence-electron chi connectivity index (χ0n) is 14.1. The summed E-state index contributed by atoms with van der Waals surface area (Å²) in [6, 6.07) is 16.0. The summed E-state index contributed by atoms with van der Waals surface area (Å²) in [5.41, 5.74) is 0.937. The van der Waals surface area contributed by atoms with Crippen molar-refractivity contribution in [1.82, 2.24) is 0 Å². The average molecular weight is 348 g/mol. The number of unbranched alkanes of at least 4 members (excludes halogenated alkanes) is 1. The highest BCUT2D eigenvalue weighted by molar-refractivity contribution is 7.86. The Morgan fingerprint density at radius 1 is 1.00 bits per heavy atom. The van der Waals surface area contributed by atoms with Crippen molar-refractivity contribution in [1.29, 1.82) is 0 Å². The van der Waals surface area contributed by atoms with Crippen molar-refractivity contribution in [3.05, 3.63) is 65.7 Å². The first-order valence-corrected chi connectivity index (χ1v) is 9.46. The van der Waals surface area contributed by atoms with Crippen molar-refractivity contribution >= 4 is 10.1 Å². The summed E-state index contributed by atoms with van der Waals surface area (Å²) in [6.45, 7) is 3.78. The fourth-order valence-corrected chi connectivity index (χ4v) is 3.40. The Hall–Kier alpha value is -1.69. The highest BCUT2D eigenvalue weighted by Crippen LogP contribution is 2.26. The van der Waals surface area contributed by atoms with Crippen LogP contribution in [0, 0.1) is 6.92 Å². The quantitative estimate of drug-likeness (QED) is 0.582. The second-order valence-electron chi connectivity index (χ2n) is 6.19. The van der Waals surface area contributed by atoms with Gasteiger partial charge in [0.2, 0.25) is 0 Å². The van der Waals surface area contributed by atoms with Gasteiger partial charge in [0.15, 0.2) is 0 Å². The van der Waals surface area contributed by atoms with E-state index in [1.807, 2.05) is 37.3 Å². The molecule has 0 radical (unpaired) electrons. The van der Waals surface area contributed by atoms with Gasteiger partial charge in [0.25, 0.3) is 10.1 Å². The van der Waals surface area contributed by atoms with E-state index >= 15 is 0 Å². The van der Waals surface area contributed by atoms with Gasteiger partial charge < -0.3 is 5.11 Å². The van der Waals surface area contributed by atoms with Crippen LogP contribution in [-0.4, -0.2) is 20.1 Å². The average Bonchev–Trinajstić information content (AvgIpc) is 2.55. The molecule has 1 atom stereocenters. The summed E-state index contributed by atoms with van der Waals surface area (Å²) < 4.78 is 29.2. The molecular formula is C19H24O4S. The van der Waals surface area contributed by atoms with E-state index in [0.717, 1.165) is 11.1 Å². The second-order valence-corrected chi connectivity index (χ2v) is 7.80. The molecule has 1 N–H and O–H groups in total. The van der Waals surface area contributed by atoms with Crippen molar-refractivity contribution < 1.29 is 17.7 Å². The first-order chi connectivity index (χ1) is 11.3. The molecule has 130 valence electrons. The summed E-state index contributed by atoms with van der Waals surface area (Å²) in [5.74, 6) is 0. The van der Waals surface area contributed by atoms with E-state index in [1.54, 1.807) is 31.2 Å². The van der Waals surface area contributed by atoms with Gasteiger partial charge in [-0.25, -0.2) is 0 Å². The van der Waals surface area contributed by atoms with Gasteiger partial charge in [-0.1, -0.05) is 48.0 Å². The molecule has 2 aromatic carbocycles. The molecule has 0 aliphatic carbocycles. The highest BCUT2D eigenvalue weighted by atomic mass is 32.2. The molecule has 5 heteroatoms. The van der Waals surface area contributed by atoms with Crippen LogP contribution in [0.25, 0.3) is 0 Å². The molecule has 0 heterocycles. The van der Waals surface area contributed by atoms with Crippen molar-refractivity contribution in [2.75, 3.05) is 6.61 Å². The molecule has 0 bridgehead atoms. The number of aliphatic hydroxyl groups is 1. The lowest BCUT2D eigenvalue weighted by molar-refractivity contribution is 0.0441. The van der Waals surface area contributed by atoms with Crippen LogP contribution in [0.1, 0.15) is 37.3 Å². The lowest BCUT2D eigenvalue weighted by Crippen LogP contribution is -2.21. The normalized spacial score (nSPS) is 14.3. The molecule has 2 rings (SSSR count). The van der Waals surface area contributed by atoms with Gasteiger partial charge in [-0.2, -0.15) is 8.42 Å². The molecule has 0 aromatic heterocycles. The third-order valence-corrected chi connectivity index (χ3v) is 5.33. The zero-order valence-corrected chi connectivity index (χ0v) is 14.9. The van der Waals surface area contributed by atoms with Crippen LogP contribution in [-0.2, 0) is 19.9 Å². The molecule has 0 aliphatic heterocycles. The topological polar surface area (TPSA) is 63.6 Å². The SMILES string of the molecule is Cc1ccc(S(=O)(=O)OCCCC[C@@](C)(O)c2ccccc2)cc1. The van der Waals surface area contributed by atoms with Gasteiger partial charge in [-0.3, -0.25) is 4.18 Å². The van der Waals surface area contributed by atoms with Crippen LogP contribution in [0.15, 0.2) is 59.5 Å². The largest absolute Gasteiger partial charge is 0.385 e. The van der Waals surface area contributed by atoms with Crippen molar-refractivity contribution in [2.45, 2.75) is 43.6 Å². The van der Waals surface area contributed by atoms with Crippen molar-refractivity contribution in [2.24, 2.45) is 0 Å². The Morgan fingerprint density at radius 3 is 2.25 bits per heavy atom. The van der Waals surface area contributed by atoms with Crippen molar-refractivity contribution in [3.8, 4) is 0 Å². The van der Waals surface area contributed by atoms with E-state index in [9.17, 15) is 13.5 Å². The highest BCUT2D eigenvalue weighted by Gasteiger charge is 2.22. The lowest BCUT2D eigenvalue weighted by atomic mass is 9.91. The summed E-state index contributed by atoms with van der Waals surface area (Å²) in [5, 5.41) is 10.5. The number of hydrogen-bond acceptors (Lipinski definition) is 4. The predicted octanol–water partition coefficient (Wildman–Crippen LogP) is 3.78. The van der Waals surface area contributed by atoms with Crippen LogP contribution >= 0.6 is 0 Å². The Balaban J connectivity index is 1.79. The Kier molecular flexibility index (Phi) is 6.15. The van der Waals surface area contributed by atoms with Crippen LogP contribution in [0.4, 0.5) is 0 Å².